The lowest BCUT2D eigenvalue weighted by Gasteiger charge is -2.12. The zero-order valence-electron chi connectivity index (χ0n) is 11.6. The van der Waals surface area contributed by atoms with E-state index in [0.717, 1.165) is 9.79 Å². The van der Waals surface area contributed by atoms with Crippen molar-refractivity contribution in [2.75, 3.05) is 14.2 Å². The van der Waals surface area contributed by atoms with Crippen LogP contribution in [0.1, 0.15) is 5.56 Å². The number of aryl methyl sites for hydroxylation is 1. The summed E-state index contributed by atoms with van der Waals surface area (Å²) >= 11 is 1.59. The second kappa shape index (κ2) is 6.43. The molecule has 0 aliphatic rings. The SMILES string of the molecule is COc1cc(Sc2ccc(C)cc2)c(OC)cc1N=N. The smallest absolute Gasteiger partial charge is 0.147 e. The monoisotopic (exact) mass is 288 g/mol. The van der Waals surface area contributed by atoms with E-state index in [4.69, 9.17) is 15.0 Å². The first-order valence-corrected chi connectivity index (χ1v) is 6.87. The molecule has 2 aromatic rings. The third kappa shape index (κ3) is 3.11. The molecule has 0 saturated carbocycles. The summed E-state index contributed by atoms with van der Waals surface area (Å²) in [6.07, 6.45) is 0. The van der Waals surface area contributed by atoms with Crippen LogP contribution in [0, 0.1) is 12.5 Å². The molecule has 0 saturated heterocycles. The molecule has 2 rings (SSSR count). The minimum absolute atomic E-state index is 0.456. The largest absolute Gasteiger partial charge is 0.495 e. The minimum Gasteiger partial charge on any atom is -0.495 e. The summed E-state index contributed by atoms with van der Waals surface area (Å²) in [6, 6.07) is 11.8. The van der Waals surface area contributed by atoms with Gasteiger partial charge in [-0.1, -0.05) is 29.5 Å². The standard InChI is InChI=1S/C15H16N2O2S/c1-10-4-6-11(7-5-10)20-15-9-13(18-2)12(17-16)8-14(15)19-3/h4-9,16H,1-3H3. The molecule has 0 heterocycles. The van der Waals surface area contributed by atoms with Crippen molar-refractivity contribution in [2.45, 2.75) is 16.7 Å². The van der Waals surface area contributed by atoms with Gasteiger partial charge in [-0.05, 0) is 19.1 Å². The molecule has 0 bridgehead atoms. The van der Waals surface area contributed by atoms with Crippen molar-refractivity contribution in [3.63, 3.8) is 0 Å². The van der Waals surface area contributed by atoms with Crippen molar-refractivity contribution in [1.82, 2.24) is 0 Å². The molecule has 0 fully saturated rings. The number of nitrogens with zero attached hydrogens (tertiary/aromatic N) is 1. The summed E-state index contributed by atoms with van der Waals surface area (Å²) in [5.41, 5.74) is 8.84. The van der Waals surface area contributed by atoms with Crippen LogP contribution < -0.4 is 9.47 Å². The molecule has 0 spiro atoms. The van der Waals surface area contributed by atoms with Gasteiger partial charge in [0.25, 0.3) is 0 Å². The number of methoxy groups -OCH3 is 2. The fourth-order valence-electron chi connectivity index (χ4n) is 1.75. The fourth-order valence-corrected chi connectivity index (χ4v) is 2.69. The number of hydrogen-bond donors (Lipinski definition) is 1. The number of nitrogens with one attached hydrogen (secondary N) is 1. The Morgan fingerprint density at radius 2 is 1.65 bits per heavy atom. The second-order valence-corrected chi connectivity index (χ2v) is 5.32. The average Bonchev–Trinajstić information content (AvgIpc) is 2.49. The van der Waals surface area contributed by atoms with Crippen molar-refractivity contribution in [1.29, 1.82) is 5.53 Å². The molecule has 0 aromatic heterocycles. The maximum Gasteiger partial charge on any atom is 0.147 e. The summed E-state index contributed by atoms with van der Waals surface area (Å²) < 4.78 is 10.6. The van der Waals surface area contributed by atoms with E-state index < -0.39 is 0 Å². The van der Waals surface area contributed by atoms with E-state index in [0.29, 0.717) is 17.2 Å². The Hall–Kier alpha value is -2.01. The molecule has 4 nitrogen and oxygen atoms in total. The highest BCUT2D eigenvalue weighted by atomic mass is 32.2. The quantitative estimate of drug-likeness (QED) is 0.802. The first kappa shape index (κ1) is 14.4. The highest BCUT2D eigenvalue weighted by Crippen LogP contribution is 2.42. The van der Waals surface area contributed by atoms with E-state index in [1.165, 1.54) is 5.56 Å². The molecule has 104 valence electrons. The molecule has 1 N–H and O–H groups in total. The maximum absolute atomic E-state index is 7.16. The Morgan fingerprint density at radius 1 is 1.00 bits per heavy atom. The lowest BCUT2D eigenvalue weighted by atomic mass is 10.2. The molecule has 0 aliphatic carbocycles. The van der Waals surface area contributed by atoms with E-state index in [9.17, 15) is 0 Å². The van der Waals surface area contributed by atoms with Gasteiger partial charge in [0.2, 0.25) is 0 Å². The van der Waals surface area contributed by atoms with Crippen LogP contribution in [-0.4, -0.2) is 14.2 Å². The summed E-state index contributed by atoms with van der Waals surface area (Å²) in [5.74, 6) is 1.25. The van der Waals surface area contributed by atoms with Crippen LogP contribution >= 0.6 is 11.8 Å². The molecule has 5 heteroatoms. The molecule has 0 amide bonds. The van der Waals surface area contributed by atoms with E-state index in [1.807, 2.05) is 6.07 Å². The molecule has 20 heavy (non-hydrogen) atoms. The number of benzene rings is 2. The molecule has 0 atom stereocenters. The van der Waals surface area contributed by atoms with Gasteiger partial charge in [-0.3, -0.25) is 0 Å². The Morgan fingerprint density at radius 3 is 2.20 bits per heavy atom. The fraction of sp³-hybridized carbons (Fsp3) is 0.200. The second-order valence-electron chi connectivity index (χ2n) is 4.20. The molecular formula is C15H16N2O2S. The van der Waals surface area contributed by atoms with Crippen LogP contribution in [0.3, 0.4) is 0 Å². The molecule has 0 unspecified atom stereocenters. The zero-order valence-corrected chi connectivity index (χ0v) is 12.5. The van der Waals surface area contributed by atoms with Crippen LogP contribution in [0.4, 0.5) is 5.69 Å². The van der Waals surface area contributed by atoms with Gasteiger partial charge in [0, 0.05) is 17.0 Å². The van der Waals surface area contributed by atoms with Gasteiger partial charge in [0.05, 0.1) is 19.1 Å². The third-order valence-corrected chi connectivity index (χ3v) is 3.88. The third-order valence-electron chi connectivity index (χ3n) is 2.83. The normalized spacial score (nSPS) is 10.2. The van der Waals surface area contributed by atoms with E-state index >= 15 is 0 Å². The summed E-state index contributed by atoms with van der Waals surface area (Å²) in [4.78, 5) is 2.05. The minimum atomic E-state index is 0.456. The zero-order chi connectivity index (χ0) is 14.5. The summed E-state index contributed by atoms with van der Waals surface area (Å²) in [6.45, 7) is 2.06. The van der Waals surface area contributed by atoms with Gasteiger partial charge in [0.15, 0.2) is 0 Å². The van der Waals surface area contributed by atoms with Crippen LogP contribution in [0.2, 0.25) is 0 Å². The van der Waals surface area contributed by atoms with Gasteiger partial charge in [-0.2, -0.15) is 5.11 Å². The summed E-state index contributed by atoms with van der Waals surface area (Å²) in [7, 11) is 3.17. The molecular weight excluding hydrogens is 272 g/mol. The summed E-state index contributed by atoms with van der Waals surface area (Å²) in [5, 5.41) is 3.45. The average molecular weight is 288 g/mol. The van der Waals surface area contributed by atoms with Gasteiger partial charge in [-0.15, -0.1) is 0 Å². The van der Waals surface area contributed by atoms with Crippen LogP contribution in [0.5, 0.6) is 11.5 Å². The van der Waals surface area contributed by atoms with Gasteiger partial charge < -0.3 is 9.47 Å². The van der Waals surface area contributed by atoms with Crippen LogP contribution in [0.15, 0.2) is 51.3 Å². The van der Waals surface area contributed by atoms with Crippen LogP contribution in [0.25, 0.3) is 0 Å². The van der Waals surface area contributed by atoms with Gasteiger partial charge in [0.1, 0.15) is 17.2 Å². The van der Waals surface area contributed by atoms with Crippen molar-refractivity contribution in [3.8, 4) is 11.5 Å². The van der Waals surface area contributed by atoms with Crippen molar-refractivity contribution in [2.24, 2.45) is 5.11 Å². The molecule has 2 aromatic carbocycles. The van der Waals surface area contributed by atoms with Crippen molar-refractivity contribution in [3.05, 3.63) is 42.0 Å². The lowest BCUT2D eigenvalue weighted by Crippen LogP contribution is -1.90. The Bertz CT molecular complexity index is 612. The first-order chi connectivity index (χ1) is 9.67. The van der Waals surface area contributed by atoms with Gasteiger partial charge in [-0.25, -0.2) is 5.53 Å². The lowest BCUT2D eigenvalue weighted by molar-refractivity contribution is 0.395. The van der Waals surface area contributed by atoms with Crippen molar-refractivity contribution < 1.29 is 9.47 Å². The Labute approximate surface area is 122 Å². The predicted octanol–water partition coefficient (Wildman–Crippen LogP) is 4.83. The highest BCUT2D eigenvalue weighted by molar-refractivity contribution is 7.99. The topological polar surface area (TPSA) is 54.7 Å². The Kier molecular flexibility index (Phi) is 4.63. The van der Waals surface area contributed by atoms with E-state index in [2.05, 4.69) is 36.3 Å². The number of ether oxygens (including phenoxy) is 2. The van der Waals surface area contributed by atoms with E-state index in [1.54, 1.807) is 32.0 Å². The predicted molar refractivity (Wildman–Crippen MR) is 79.7 cm³/mol. The maximum atomic E-state index is 7.16. The molecule has 0 radical (unpaired) electrons. The number of rotatable bonds is 5. The van der Waals surface area contributed by atoms with E-state index in [-0.39, 0.29) is 0 Å². The Balaban J connectivity index is 2.39. The van der Waals surface area contributed by atoms with Crippen molar-refractivity contribution >= 4 is 17.4 Å². The van der Waals surface area contributed by atoms with Crippen LogP contribution in [-0.2, 0) is 0 Å². The van der Waals surface area contributed by atoms with Gasteiger partial charge >= 0.3 is 0 Å². The number of hydrogen-bond acceptors (Lipinski definition) is 5. The highest BCUT2D eigenvalue weighted by Gasteiger charge is 2.12. The molecule has 0 aliphatic heterocycles. The first-order valence-electron chi connectivity index (χ1n) is 6.06.